The van der Waals surface area contributed by atoms with Crippen molar-refractivity contribution in [1.29, 1.82) is 0 Å². The number of piperazine rings is 1. The lowest BCUT2D eigenvalue weighted by Gasteiger charge is -2.32. The maximum absolute atomic E-state index is 13.2. The van der Waals surface area contributed by atoms with Gasteiger partial charge in [0.15, 0.2) is 0 Å². The van der Waals surface area contributed by atoms with E-state index in [1.54, 1.807) is 13.0 Å². The van der Waals surface area contributed by atoms with Gasteiger partial charge in [-0.3, -0.25) is 9.78 Å². The fourth-order valence-corrected chi connectivity index (χ4v) is 2.74. The number of nitrogens with one attached hydrogen (secondary N) is 1. The summed E-state index contributed by atoms with van der Waals surface area (Å²) in [4.78, 5) is 18.9. The molecule has 1 aliphatic heterocycles. The van der Waals surface area contributed by atoms with Gasteiger partial charge in [0.2, 0.25) is 0 Å². The van der Waals surface area contributed by atoms with Gasteiger partial charge in [-0.2, -0.15) is 0 Å². The molecule has 3 rings (SSSR count). The molecule has 0 aliphatic carbocycles. The summed E-state index contributed by atoms with van der Waals surface area (Å²) in [5.74, 6) is -0.316. The fourth-order valence-electron chi connectivity index (χ4n) is 2.74. The first-order chi connectivity index (χ1) is 10.0. The van der Waals surface area contributed by atoms with Crippen LogP contribution in [0.2, 0.25) is 0 Å². The highest BCUT2D eigenvalue weighted by molar-refractivity contribution is 5.98. The molecule has 1 aromatic carbocycles. The van der Waals surface area contributed by atoms with Crippen LogP contribution in [0.25, 0.3) is 10.9 Å². The fraction of sp³-hybridized carbons (Fsp3) is 0.375. The molecule has 1 saturated heterocycles. The summed E-state index contributed by atoms with van der Waals surface area (Å²) in [6.07, 6.45) is 0. The minimum atomic E-state index is -0.315. The number of benzene rings is 1. The second-order valence-corrected chi connectivity index (χ2v) is 5.56. The molecule has 0 bridgehead atoms. The highest BCUT2D eigenvalue weighted by Gasteiger charge is 2.23. The second kappa shape index (κ2) is 5.41. The van der Waals surface area contributed by atoms with Crippen molar-refractivity contribution in [1.82, 2.24) is 15.2 Å². The van der Waals surface area contributed by atoms with E-state index in [9.17, 15) is 9.18 Å². The van der Waals surface area contributed by atoms with Gasteiger partial charge in [-0.05, 0) is 32.0 Å². The highest BCUT2D eigenvalue weighted by atomic mass is 19.1. The molecule has 5 heteroatoms. The number of pyridine rings is 1. The van der Waals surface area contributed by atoms with E-state index in [4.69, 9.17) is 0 Å². The molecule has 1 fully saturated rings. The normalized spacial score (nSPS) is 19.0. The highest BCUT2D eigenvalue weighted by Crippen LogP contribution is 2.19. The Morgan fingerprint density at radius 3 is 3.00 bits per heavy atom. The number of fused-ring (bicyclic) bond motifs is 1. The third-order valence-corrected chi connectivity index (χ3v) is 3.86. The molecule has 0 saturated carbocycles. The Balaban J connectivity index is 1.97. The van der Waals surface area contributed by atoms with Gasteiger partial charge in [0.1, 0.15) is 5.82 Å². The van der Waals surface area contributed by atoms with Crippen LogP contribution in [0.4, 0.5) is 4.39 Å². The summed E-state index contributed by atoms with van der Waals surface area (Å²) in [5, 5.41) is 4.10. The van der Waals surface area contributed by atoms with Crippen LogP contribution in [0.5, 0.6) is 0 Å². The molecule has 0 spiro atoms. The van der Waals surface area contributed by atoms with Gasteiger partial charge in [0, 0.05) is 37.1 Å². The first kappa shape index (κ1) is 13.9. The van der Waals surface area contributed by atoms with Gasteiger partial charge >= 0.3 is 0 Å². The predicted molar refractivity (Wildman–Crippen MR) is 79.8 cm³/mol. The Morgan fingerprint density at radius 2 is 2.24 bits per heavy atom. The minimum Gasteiger partial charge on any atom is -0.336 e. The summed E-state index contributed by atoms with van der Waals surface area (Å²) in [6, 6.07) is 6.55. The third kappa shape index (κ3) is 2.74. The summed E-state index contributed by atoms with van der Waals surface area (Å²) >= 11 is 0. The number of carbonyl (C=O) groups excluding carboxylic acids is 1. The predicted octanol–water partition coefficient (Wildman–Crippen LogP) is 2.12. The van der Waals surface area contributed by atoms with Gasteiger partial charge in [0.05, 0.1) is 16.8 Å². The third-order valence-electron chi connectivity index (χ3n) is 3.86. The standard InChI is InChI=1S/C16H18FN3O/c1-10-9-20(6-5-18-10)16(21)14-7-12-3-4-13(17)8-15(12)19-11(14)2/h3-4,7-8,10,18H,5-6,9H2,1-2H3. The molecule has 1 N–H and O–H groups in total. The smallest absolute Gasteiger partial charge is 0.255 e. The molecule has 1 aliphatic rings. The number of hydrogen-bond donors (Lipinski definition) is 1. The van der Waals surface area contributed by atoms with Crippen LogP contribution in [-0.4, -0.2) is 41.5 Å². The van der Waals surface area contributed by atoms with E-state index >= 15 is 0 Å². The maximum Gasteiger partial charge on any atom is 0.255 e. The van der Waals surface area contributed by atoms with E-state index < -0.39 is 0 Å². The number of halogens is 1. The minimum absolute atomic E-state index is 0.000394. The van der Waals surface area contributed by atoms with Crippen molar-refractivity contribution in [2.75, 3.05) is 19.6 Å². The summed E-state index contributed by atoms with van der Waals surface area (Å²) < 4.78 is 13.2. The van der Waals surface area contributed by atoms with Crippen molar-refractivity contribution >= 4 is 16.8 Å². The first-order valence-electron chi connectivity index (χ1n) is 7.14. The molecule has 21 heavy (non-hydrogen) atoms. The number of aryl methyl sites for hydroxylation is 1. The molecular weight excluding hydrogens is 269 g/mol. The SMILES string of the molecule is Cc1nc2cc(F)ccc2cc1C(=O)N1CCNC(C)C1. The van der Waals surface area contributed by atoms with E-state index in [1.165, 1.54) is 12.1 Å². The molecule has 0 radical (unpaired) electrons. The average Bonchev–Trinajstić information content (AvgIpc) is 2.45. The molecule has 4 nitrogen and oxygen atoms in total. The van der Waals surface area contributed by atoms with Gasteiger partial charge < -0.3 is 10.2 Å². The lowest BCUT2D eigenvalue weighted by atomic mass is 10.1. The van der Waals surface area contributed by atoms with Crippen molar-refractivity contribution in [3.05, 3.63) is 41.3 Å². The Labute approximate surface area is 123 Å². The Morgan fingerprint density at radius 1 is 1.43 bits per heavy atom. The van der Waals surface area contributed by atoms with Crippen LogP contribution in [0.3, 0.4) is 0 Å². The van der Waals surface area contributed by atoms with Crippen molar-refractivity contribution in [2.24, 2.45) is 0 Å². The van der Waals surface area contributed by atoms with Crippen LogP contribution in [0.1, 0.15) is 23.0 Å². The second-order valence-electron chi connectivity index (χ2n) is 5.56. The van der Waals surface area contributed by atoms with Crippen molar-refractivity contribution in [3.63, 3.8) is 0 Å². The zero-order chi connectivity index (χ0) is 15.0. The zero-order valence-electron chi connectivity index (χ0n) is 12.2. The number of aromatic nitrogens is 1. The topological polar surface area (TPSA) is 45.2 Å². The van der Waals surface area contributed by atoms with Crippen LogP contribution >= 0.6 is 0 Å². The van der Waals surface area contributed by atoms with E-state index in [0.29, 0.717) is 35.9 Å². The van der Waals surface area contributed by atoms with Crippen LogP contribution in [0, 0.1) is 12.7 Å². The van der Waals surface area contributed by atoms with E-state index in [0.717, 1.165) is 11.9 Å². The molecule has 110 valence electrons. The molecule has 1 amide bonds. The zero-order valence-corrected chi connectivity index (χ0v) is 12.2. The Kier molecular flexibility index (Phi) is 3.59. The number of carbonyl (C=O) groups is 1. The van der Waals surface area contributed by atoms with Crippen molar-refractivity contribution < 1.29 is 9.18 Å². The van der Waals surface area contributed by atoms with Crippen molar-refractivity contribution in [3.8, 4) is 0 Å². The molecule has 1 aromatic heterocycles. The quantitative estimate of drug-likeness (QED) is 0.874. The van der Waals surface area contributed by atoms with Crippen LogP contribution in [-0.2, 0) is 0 Å². The van der Waals surface area contributed by atoms with Gasteiger partial charge in [-0.15, -0.1) is 0 Å². The lowest BCUT2D eigenvalue weighted by Crippen LogP contribution is -2.51. The Hall–Kier alpha value is -2.01. The van der Waals surface area contributed by atoms with Crippen LogP contribution < -0.4 is 5.32 Å². The van der Waals surface area contributed by atoms with Crippen molar-refractivity contribution in [2.45, 2.75) is 19.9 Å². The molecule has 1 unspecified atom stereocenters. The number of amides is 1. The largest absolute Gasteiger partial charge is 0.336 e. The van der Waals surface area contributed by atoms with E-state index in [2.05, 4.69) is 17.2 Å². The lowest BCUT2D eigenvalue weighted by molar-refractivity contribution is 0.0708. The molecular formula is C16H18FN3O. The van der Waals surface area contributed by atoms with Gasteiger partial charge in [-0.1, -0.05) is 0 Å². The monoisotopic (exact) mass is 287 g/mol. The number of hydrogen-bond acceptors (Lipinski definition) is 3. The first-order valence-corrected chi connectivity index (χ1v) is 7.14. The summed E-state index contributed by atoms with van der Waals surface area (Å²) in [5.41, 5.74) is 1.82. The maximum atomic E-state index is 13.2. The average molecular weight is 287 g/mol. The van der Waals surface area contributed by atoms with Crippen LogP contribution in [0.15, 0.2) is 24.3 Å². The molecule has 1 atom stereocenters. The van der Waals surface area contributed by atoms with E-state index in [-0.39, 0.29) is 11.7 Å². The van der Waals surface area contributed by atoms with E-state index in [1.807, 2.05) is 11.0 Å². The summed E-state index contributed by atoms with van der Waals surface area (Å²) in [7, 11) is 0. The molecule has 2 heterocycles. The molecule has 2 aromatic rings. The number of nitrogens with zero attached hydrogens (tertiary/aromatic N) is 2. The van der Waals surface area contributed by atoms with Gasteiger partial charge in [-0.25, -0.2) is 4.39 Å². The Bertz CT molecular complexity index is 701. The number of rotatable bonds is 1. The summed E-state index contributed by atoms with van der Waals surface area (Å²) in [6.45, 7) is 6.05. The van der Waals surface area contributed by atoms with Gasteiger partial charge in [0.25, 0.3) is 5.91 Å².